The number of carbonyl (C=O) groups is 4. The van der Waals surface area contributed by atoms with Gasteiger partial charge in [0.2, 0.25) is 11.8 Å². The van der Waals surface area contributed by atoms with Crippen LogP contribution < -0.4 is 20.3 Å². The summed E-state index contributed by atoms with van der Waals surface area (Å²) in [6, 6.07) is 2.75. The predicted octanol–water partition coefficient (Wildman–Crippen LogP) is 5.55. The lowest BCUT2D eigenvalue weighted by atomic mass is 9.83. The van der Waals surface area contributed by atoms with Crippen LogP contribution in [0.15, 0.2) is 35.9 Å². The number of halogens is 1. The van der Waals surface area contributed by atoms with E-state index in [9.17, 15) is 24.3 Å². The molecule has 1 aromatic rings. The van der Waals surface area contributed by atoms with Gasteiger partial charge in [-0.3, -0.25) is 14.9 Å². The fourth-order valence-electron chi connectivity index (χ4n) is 7.83. The van der Waals surface area contributed by atoms with Crippen LogP contribution in [0, 0.1) is 17.3 Å². The zero-order valence-corrected chi connectivity index (χ0v) is 34.7. The molecule has 0 unspecified atom stereocenters. The molecule has 3 N–H and O–H groups in total. The fraction of sp³-hybridized carbons (Fsp3) is 0.659. The molecule has 4 bridgehead atoms. The first-order valence-electron chi connectivity index (χ1n) is 19.4. The third-order valence-electron chi connectivity index (χ3n) is 11.7. The molecule has 8 atom stereocenters. The maximum Gasteiger partial charge on any atom is 0.409 e. The minimum Gasteiger partial charge on any atom is -0.495 e. The van der Waals surface area contributed by atoms with Crippen LogP contribution in [0.2, 0.25) is 5.02 Å². The lowest BCUT2D eigenvalue weighted by Crippen LogP contribution is -2.63. The summed E-state index contributed by atoms with van der Waals surface area (Å²) in [6.45, 7) is 11.3. The molecule has 0 aromatic heterocycles. The summed E-state index contributed by atoms with van der Waals surface area (Å²) in [4.78, 5) is 57.0. The number of aliphatic hydroxyl groups is 1. The van der Waals surface area contributed by atoms with Gasteiger partial charge in [0.05, 0.1) is 19.2 Å². The van der Waals surface area contributed by atoms with Gasteiger partial charge >= 0.3 is 12.1 Å². The van der Waals surface area contributed by atoms with Crippen LogP contribution in [-0.4, -0.2) is 105 Å². The van der Waals surface area contributed by atoms with E-state index in [2.05, 4.69) is 17.6 Å². The molecule has 0 spiro atoms. The number of fused-ring (bicyclic) bond motifs is 5. The van der Waals surface area contributed by atoms with Gasteiger partial charge in [0.25, 0.3) is 0 Å². The first-order valence-corrected chi connectivity index (χ1v) is 19.7. The highest BCUT2D eigenvalue weighted by molar-refractivity contribution is 6.35. The van der Waals surface area contributed by atoms with Gasteiger partial charge in [-0.25, -0.2) is 9.59 Å². The van der Waals surface area contributed by atoms with Crippen LogP contribution in [0.25, 0.3) is 0 Å². The second-order valence-corrected chi connectivity index (χ2v) is 16.0. The quantitative estimate of drug-likeness (QED) is 0.181. The molecule has 55 heavy (non-hydrogen) atoms. The highest BCUT2D eigenvalue weighted by Crippen LogP contribution is 2.61. The normalized spacial score (nSPS) is 30.5. The van der Waals surface area contributed by atoms with Gasteiger partial charge in [0.1, 0.15) is 35.1 Å². The standard InChI is InChI=1S/C41H61ClN4O9/c1-10-43-18-13-11-12-17-35(47)45(6)27(4)38(49)55-34-22-36(48)46(7)30-20-28(21-31(52-8)37(30)42)19-25(2)15-14-16-33(53-9)41(51)24-32(54-39(50)44-41)26(3)29-23-40(29,34)5/h14-16,20-21,26-27,29,32-34,43,51H,10-13,17-19,22-24H2,1-9H3,(H,44,50)/b16-14+,25-15+/t26-,27-,29-,32-,33+,34-,40+,41-/m0/s1. The van der Waals surface area contributed by atoms with E-state index in [1.807, 2.05) is 39.0 Å². The number of esters is 1. The lowest BCUT2D eigenvalue weighted by Gasteiger charge is -2.42. The molecule has 3 amide bonds. The molecule has 3 aliphatic rings. The number of rotatable bonds is 12. The van der Waals surface area contributed by atoms with E-state index in [-0.39, 0.29) is 41.5 Å². The van der Waals surface area contributed by atoms with Gasteiger partial charge in [-0.2, -0.15) is 0 Å². The summed E-state index contributed by atoms with van der Waals surface area (Å²) in [5.41, 5.74) is -0.246. The number of nitrogens with one attached hydrogen (secondary N) is 2. The molecule has 0 radical (unpaired) electrons. The fourth-order valence-corrected chi connectivity index (χ4v) is 8.14. The van der Waals surface area contributed by atoms with Crippen LogP contribution in [0.5, 0.6) is 5.75 Å². The number of hydrogen-bond acceptors (Lipinski definition) is 10. The summed E-state index contributed by atoms with van der Waals surface area (Å²) >= 11 is 6.80. The molecular weight excluding hydrogens is 728 g/mol. The maximum absolute atomic E-state index is 14.2. The van der Waals surface area contributed by atoms with E-state index < -0.39 is 47.6 Å². The first kappa shape index (κ1) is 44.1. The van der Waals surface area contributed by atoms with Crippen molar-refractivity contribution in [2.24, 2.45) is 17.3 Å². The molecule has 306 valence electrons. The summed E-state index contributed by atoms with van der Waals surface area (Å²) in [7, 11) is 6.19. The van der Waals surface area contributed by atoms with Gasteiger partial charge < -0.3 is 39.2 Å². The Bertz CT molecular complexity index is 1620. The van der Waals surface area contributed by atoms with Gasteiger partial charge in [0, 0.05) is 39.5 Å². The minimum atomic E-state index is -1.77. The Labute approximate surface area is 331 Å². The Morgan fingerprint density at radius 1 is 1.20 bits per heavy atom. The zero-order chi connectivity index (χ0) is 40.7. The van der Waals surface area contributed by atoms with Gasteiger partial charge in [-0.05, 0) is 82.2 Å². The molecule has 2 aliphatic heterocycles. The average Bonchev–Trinajstić information content (AvgIpc) is 3.84. The van der Waals surface area contributed by atoms with E-state index >= 15 is 0 Å². The van der Waals surface area contributed by atoms with E-state index in [4.69, 9.17) is 30.5 Å². The summed E-state index contributed by atoms with van der Waals surface area (Å²) in [5.74, 6) is -1.18. The molecule has 1 aromatic carbocycles. The molecule has 2 fully saturated rings. The summed E-state index contributed by atoms with van der Waals surface area (Å²) < 4.78 is 23.3. The second kappa shape index (κ2) is 19.0. The van der Waals surface area contributed by atoms with Crippen molar-refractivity contribution in [1.82, 2.24) is 15.5 Å². The summed E-state index contributed by atoms with van der Waals surface area (Å²) in [6.07, 6.45) is 5.84. The molecule has 1 aliphatic carbocycles. The lowest BCUT2D eigenvalue weighted by molar-refractivity contribution is -0.163. The van der Waals surface area contributed by atoms with Crippen molar-refractivity contribution in [3.63, 3.8) is 0 Å². The van der Waals surface area contributed by atoms with Crippen molar-refractivity contribution in [3.8, 4) is 5.75 Å². The number of benzene rings is 1. The number of hydrogen-bond donors (Lipinski definition) is 3. The SMILES string of the molecule is CCNCCCCCC(=O)N(C)[C@@H](C)C(=O)O[C@H]1CC(=O)N(C)c2cc(cc(OC)c2Cl)C/C(C)=C/C=C/[C@@H](OC)[C@@]2(O)C[C@H](OC(=O)N2)[C@@H](C)[C@@H]2C[C@@]12C. The second-order valence-electron chi connectivity index (χ2n) is 15.7. The van der Waals surface area contributed by atoms with Crippen LogP contribution in [0.3, 0.4) is 0 Å². The monoisotopic (exact) mass is 788 g/mol. The van der Waals surface area contributed by atoms with Crippen molar-refractivity contribution in [2.75, 3.05) is 46.3 Å². The number of anilines is 1. The van der Waals surface area contributed by atoms with Gasteiger partial charge in [-0.15, -0.1) is 0 Å². The van der Waals surface area contributed by atoms with E-state index in [1.54, 1.807) is 33.2 Å². The van der Waals surface area contributed by atoms with Crippen LogP contribution in [0.4, 0.5) is 10.5 Å². The molecule has 14 heteroatoms. The molecule has 4 rings (SSSR count). The number of carbonyl (C=O) groups excluding carboxylic acids is 4. The topological polar surface area (TPSA) is 156 Å². The molecule has 2 heterocycles. The van der Waals surface area contributed by atoms with E-state index in [0.717, 1.165) is 37.1 Å². The highest BCUT2D eigenvalue weighted by atomic mass is 35.5. The first-order chi connectivity index (χ1) is 26.0. The molecule has 1 saturated heterocycles. The van der Waals surface area contributed by atoms with Gasteiger partial charge in [-0.1, -0.05) is 62.6 Å². The number of allylic oxidation sites excluding steroid dienone is 3. The van der Waals surface area contributed by atoms with Crippen molar-refractivity contribution < 1.29 is 43.2 Å². The van der Waals surface area contributed by atoms with E-state index in [0.29, 0.717) is 37.1 Å². The minimum absolute atomic E-state index is 0.0351. The zero-order valence-electron chi connectivity index (χ0n) is 33.9. The molecular formula is C41H61ClN4O9. The Balaban J connectivity index is 1.68. The van der Waals surface area contributed by atoms with Crippen molar-refractivity contribution in [3.05, 3.63) is 46.5 Å². The number of methoxy groups -OCH3 is 2. The Morgan fingerprint density at radius 2 is 1.93 bits per heavy atom. The Kier molecular flexibility index (Phi) is 15.2. The number of nitrogens with zero attached hydrogens (tertiary/aromatic N) is 2. The van der Waals surface area contributed by atoms with E-state index in [1.165, 1.54) is 24.0 Å². The van der Waals surface area contributed by atoms with Crippen molar-refractivity contribution >= 4 is 41.2 Å². The predicted molar refractivity (Wildman–Crippen MR) is 211 cm³/mol. The van der Waals surface area contributed by atoms with Crippen molar-refractivity contribution in [2.45, 2.75) is 116 Å². The van der Waals surface area contributed by atoms with Crippen LogP contribution in [-0.2, 0) is 35.0 Å². The van der Waals surface area contributed by atoms with Crippen LogP contribution >= 0.6 is 11.6 Å². The summed E-state index contributed by atoms with van der Waals surface area (Å²) in [5, 5.41) is 17.9. The Hall–Kier alpha value is -3.65. The third-order valence-corrected chi connectivity index (χ3v) is 12.1. The average molecular weight is 789 g/mol. The molecule has 1 saturated carbocycles. The highest BCUT2D eigenvalue weighted by Gasteiger charge is 2.62. The Morgan fingerprint density at radius 3 is 2.60 bits per heavy atom. The number of likely N-dealkylation sites (N-methyl/N-ethyl adjacent to an activating group) is 1. The maximum atomic E-state index is 14.2. The molecule has 13 nitrogen and oxygen atoms in total. The largest absolute Gasteiger partial charge is 0.495 e. The number of amides is 3. The number of alkyl carbamates (subject to hydrolysis) is 1. The van der Waals surface area contributed by atoms with Crippen molar-refractivity contribution in [1.29, 1.82) is 0 Å². The smallest absolute Gasteiger partial charge is 0.409 e. The number of ether oxygens (including phenoxy) is 4. The third kappa shape index (κ3) is 10.6. The van der Waals surface area contributed by atoms with Gasteiger partial charge in [0.15, 0.2) is 5.72 Å². The number of unbranched alkanes of at least 4 members (excludes halogenated alkanes) is 2. The van der Waals surface area contributed by atoms with Crippen LogP contribution in [0.1, 0.15) is 85.1 Å².